The smallest absolute Gasteiger partial charge is 0.262 e. The molecule has 4 nitrogen and oxygen atoms in total. The quantitative estimate of drug-likeness (QED) is 0.850. The average Bonchev–Trinajstić information content (AvgIpc) is 2.38. The van der Waals surface area contributed by atoms with Crippen molar-refractivity contribution >= 4 is 32.9 Å². The molecule has 0 saturated heterocycles. The molecule has 0 fully saturated rings. The van der Waals surface area contributed by atoms with Crippen molar-refractivity contribution in [2.75, 3.05) is 4.72 Å². The van der Waals surface area contributed by atoms with Crippen LogP contribution in [0.1, 0.15) is 5.56 Å². The van der Waals surface area contributed by atoms with Crippen LogP contribution in [0.3, 0.4) is 0 Å². The van der Waals surface area contributed by atoms with Crippen molar-refractivity contribution < 1.29 is 12.8 Å². The molecule has 0 bridgehead atoms. The first-order valence-corrected chi connectivity index (χ1v) is 7.47. The van der Waals surface area contributed by atoms with E-state index in [0.29, 0.717) is 5.69 Å². The van der Waals surface area contributed by atoms with E-state index in [2.05, 4.69) is 4.72 Å². The fourth-order valence-electron chi connectivity index (χ4n) is 1.68. The lowest BCUT2D eigenvalue weighted by molar-refractivity contribution is 0.594. The topological polar surface area (TPSA) is 72.2 Å². The SMILES string of the molecule is NC(=S)c1c(F)cccc1S(=O)(=O)Nc1ccccc1. The van der Waals surface area contributed by atoms with Crippen LogP contribution >= 0.6 is 12.2 Å². The Morgan fingerprint density at radius 1 is 1.10 bits per heavy atom. The first kappa shape index (κ1) is 14.4. The minimum absolute atomic E-state index is 0.283. The molecule has 0 saturated carbocycles. The van der Waals surface area contributed by atoms with Crippen LogP contribution in [0.5, 0.6) is 0 Å². The lowest BCUT2D eigenvalue weighted by Gasteiger charge is -2.12. The molecule has 0 aliphatic rings. The van der Waals surface area contributed by atoms with E-state index in [1.165, 1.54) is 12.1 Å². The molecule has 0 aliphatic heterocycles. The molecule has 0 heterocycles. The van der Waals surface area contributed by atoms with E-state index in [9.17, 15) is 12.8 Å². The number of hydrogen-bond acceptors (Lipinski definition) is 3. The van der Waals surface area contributed by atoms with Crippen LogP contribution in [-0.2, 0) is 10.0 Å². The van der Waals surface area contributed by atoms with Crippen LogP contribution in [0.15, 0.2) is 53.4 Å². The van der Waals surface area contributed by atoms with Gasteiger partial charge in [-0.2, -0.15) is 0 Å². The number of rotatable bonds is 4. The van der Waals surface area contributed by atoms with Crippen molar-refractivity contribution in [2.45, 2.75) is 4.90 Å². The fraction of sp³-hybridized carbons (Fsp3) is 0. The Morgan fingerprint density at radius 3 is 2.35 bits per heavy atom. The molecule has 2 aromatic rings. The van der Waals surface area contributed by atoms with Gasteiger partial charge in [0.1, 0.15) is 15.7 Å². The molecule has 0 radical (unpaired) electrons. The molecule has 2 rings (SSSR count). The predicted molar refractivity (Wildman–Crippen MR) is 79.5 cm³/mol. The first-order chi connectivity index (χ1) is 9.42. The third-order valence-corrected chi connectivity index (χ3v) is 4.17. The number of sulfonamides is 1. The van der Waals surface area contributed by atoms with Crippen LogP contribution in [0.2, 0.25) is 0 Å². The minimum atomic E-state index is -3.97. The second kappa shape index (κ2) is 5.56. The molecule has 0 aliphatic carbocycles. The van der Waals surface area contributed by atoms with Crippen LogP contribution < -0.4 is 10.5 Å². The highest BCUT2D eigenvalue weighted by molar-refractivity contribution is 7.93. The fourth-order valence-corrected chi connectivity index (χ4v) is 3.25. The number of anilines is 1. The molecule has 0 atom stereocenters. The number of thiocarbonyl (C=S) groups is 1. The third kappa shape index (κ3) is 2.94. The van der Waals surface area contributed by atoms with Crippen LogP contribution in [0.4, 0.5) is 10.1 Å². The van der Waals surface area contributed by atoms with Crippen molar-refractivity contribution in [2.24, 2.45) is 5.73 Å². The van der Waals surface area contributed by atoms with E-state index in [4.69, 9.17) is 18.0 Å². The van der Waals surface area contributed by atoms with E-state index in [0.717, 1.165) is 6.07 Å². The maximum atomic E-state index is 13.7. The molecular weight excluding hydrogens is 299 g/mol. The summed E-state index contributed by atoms with van der Waals surface area (Å²) in [6.07, 6.45) is 0. The summed E-state index contributed by atoms with van der Waals surface area (Å²) in [6, 6.07) is 11.9. The molecule has 0 spiro atoms. The molecule has 3 N–H and O–H groups in total. The first-order valence-electron chi connectivity index (χ1n) is 5.58. The van der Waals surface area contributed by atoms with Gasteiger partial charge in [-0.05, 0) is 24.3 Å². The highest BCUT2D eigenvalue weighted by atomic mass is 32.2. The normalized spacial score (nSPS) is 11.1. The molecule has 0 unspecified atom stereocenters. The Balaban J connectivity index is 2.50. The van der Waals surface area contributed by atoms with Gasteiger partial charge in [-0.15, -0.1) is 0 Å². The Labute approximate surface area is 121 Å². The Bertz CT molecular complexity index is 746. The van der Waals surface area contributed by atoms with Crippen molar-refractivity contribution in [3.8, 4) is 0 Å². The Hall–Kier alpha value is -1.99. The summed E-state index contributed by atoms with van der Waals surface area (Å²) in [4.78, 5) is -0.592. The van der Waals surface area contributed by atoms with Gasteiger partial charge in [0.25, 0.3) is 10.0 Å². The van der Waals surface area contributed by atoms with Crippen LogP contribution in [0, 0.1) is 5.82 Å². The number of halogens is 1. The molecule has 2 aromatic carbocycles. The van der Waals surface area contributed by atoms with Crippen molar-refractivity contribution in [1.82, 2.24) is 0 Å². The minimum Gasteiger partial charge on any atom is -0.389 e. The summed E-state index contributed by atoms with van der Waals surface area (Å²) in [6.45, 7) is 0. The number of hydrogen-bond donors (Lipinski definition) is 2. The van der Waals surface area contributed by atoms with Gasteiger partial charge in [-0.25, -0.2) is 12.8 Å². The van der Waals surface area contributed by atoms with E-state index in [-0.39, 0.29) is 15.4 Å². The summed E-state index contributed by atoms with van der Waals surface area (Å²) >= 11 is 4.72. The Morgan fingerprint density at radius 2 is 1.75 bits per heavy atom. The van der Waals surface area contributed by atoms with Gasteiger partial charge in [0.05, 0.1) is 5.56 Å². The van der Waals surface area contributed by atoms with Gasteiger partial charge >= 0.3 is 0 Å². The molecular formula is C13H11FN2O2S2. The zero-order valence-electron chi connectivity index (χ0n) is 10.2. The number of benzene rings is 2. The van der Waals surface area contributed by atoms with Crippen molar-refractivity contribution in [3.05, 3.63) is 59.9 Å². The molecule has 0 aromatic heterocycles. The van der Waals surface area contributed by atoms with Crippen molar-refractivity contribution in [1.29, 1.82) is 0 Å². The molecule has 20 heavy (non-hydrogen) atoms. The van der Waals surface area contributed by atoms with E-state index >= 15 is 0 Å². The lowest BCUT2D eigenvalue weighted by atomic mass is 10.2. The monoisotopic (exact) mass is 310 g/mol. The van der Waals surface area contributed by atoms with Crippen LogP contribution in [-0.4, -0.2) is 13.4 Å². The zero-order valence-corrected chi connectivity index (χ0v) is 11.8. The highest BCUT2D eigenvalue weighted by Gasteiger charge is 2.22. The third-order valence-electron chi connectivity index (χ3n) is 2.54. The summed E-state index contributed by atoms with van der Waals surface area (Å²) in [5, 5.41) is 0. The highest BCUT2D eigenvalue weighted by Crippen LogP contribution is 2.21. The largest absolute Gasteiger partial charge is 0.389 e. The van der Waals surface area contributed by atoms with E-state index in [1.54, 1.807) is 30.3 Å². The Kier molecular flexibility index (Phi) is 4.01. The van der Waals surface area contributed by atoms with Gasteiger partial charge in [0.15, 0.2) is 0 Å². The summed E-state index contributed by atoms with van der Waals surface area (Å²) < 4.78 is 40.6. The summed E-state index contributed by atoms with van der Waals surface area (Å²) in [5.74, 6) is -0.770. The van der Waals surface area contributed by atoms with Crippen molar-refractivity contribution in [3.63, 3.8) is 0 Å². The summed E-state index contributed by atoms with van der Waals surface area (Å²) in [5.41, 5.74) is 5.48. The second-order valence-electron chi connectivity index (χ2n) is 3.95. The zero-order chi connectivity index (χ0) is 14.8. The standard InChI is InChI=1S/C13H11FN2O2S2/c14-10-7-4-8-11(12(10)13(15)19)20(17,18)16-9-5-2-1-3-6-9/h1-8,16H,(H2,15,19). The van der Waals surface area contributed by atoms with Crippen LogP contribution in [0.25, 0.3) is 0 Å². The van der Waals surface area contributed by atoms with E-state index < -0.39 is 15.8 Å². The summed E-state index contributed by atoms with van der Waals surface area (Å²) in [7, 11) is -3.97. The van der Waals surface area contributed by atoms with Gasteiger partial charge in [-0.3, -0.25) is 4.72 Å². The maximum absolute atomic E-state index is 13.7. The molecule has 104 valence electrons. The average molecular weight is 310 g/mol. The molecule has 0 amide bonds. The number of nitrogens with one attached hydrogen (secondary N) is 1. The van der Waals surface area contributed by atoms with Gasteiger partial charge in [0.2, 0.25) is 0 Å². The van der Waals surface area contributed by atoms with Gasteiger partial charge in [-0.1, -0.05) is 36.5 Å². The predicted octanol–water partition coefficient (Wildman–Crippen LogP) is 2.26. The number of nitrogens with two attached hydrogens (primary N) is 1. The maximum Gasteiger partial charge on any atom is 0.262 e. The van der Waals surface area contributed by atoms with Gasteiger partial charge in [0, 0.05) is 5.69 Å². The number of para-hydroxylation sites is 1. The lowest BCUT2D eigenvalue weighted by Crippen LogP contribution is -2.21. The van der Waals surface area contributed by atoms with Gasteiger partial charge < -0.3 is 5.73 Å². The second-order valence-corrected chi connectivity index (χ2v) is 6.04. The van der Waals surface area contributed by atoms with E-state index in [1.807, 2.05) is 0 Å². The molecule has 7 heteroatoms.